The highest BCUT2D eigenvalue weighted by Crippen LogP contribution is 2.19. The molecule has 1 fully saturated rings. The summed E-state index contributed by atoms with van der Waals surface area (Å²) in [7, 11) is -3.83. The van der Waals surface area contributed by atoms with Gasteiger partial charge < -0.3 is 0 Å². The maximum Gasteiger partial charge on any atom is 0.265 e. The van der Waals surface area contributed by atoms with Gasteiger partial charge in [-0.15, -0.1) is 0 Å². The van der Waals surface area contributed by atoms with E-state index in [2.05, 4.69) is 17.0 Å². The summed E-state index contributed by atoms with van der Waals surface area (Å²) < 4.78 is 30.4. The Bertz CT molecular complexity index is 458. The van der Waals surface area contributed by atoms with Crippen LogP contribution in [0, 0.1) is 5.92 Å². The van der Waals surface area contributed by atoms with Gasteiger partial charge in [0.15, 0.2) is 0 Å². The van der Waals surface area contributed by atoms with Gasteiger partial charge in [-0.25, -0.2) is 0 Å². The molecule has 1 aromatic carbocycles. The molecule has 1 heterocycles. The zero-order valence-corrected chi connectivity index (χ0v) is 10.4. The lowest BCUT2D eigenvalue weighted by Crippen LogP contribution is -2.22. The summed E-state index contributed by atoms with van der Waals surface area (Å²) in [5, 5.41) is 0. The predicted octanol–water partition coefficient (Wildman–Crippen LogP) is 1.40. The van der Waals surface area contributed by atoms with Crippen molar-refractivity contribution >= 4 is 10.1 Å². The third kappa shape index (κ3) is 4.11. The minimum atomic E-state index is -3.83. The highest BCUT2D eigenvalue weighted by molar-refractivity contribution is 7.85. The van der Waals surface area contributed by atoms with Gasteiger partial charge in [0, 0.05) is 13.1 Å². The van der Waals surface area contributed by atoms with E-state index in [0.29, 0.717) is 0 Å². The lowest BCUT2D eigenvalue weighted by Gasteiger charge is -2.15. The summed E-state index contributed by atoms with van der Waals surface area (Å²) in [6.07, 6.45) is 0.840. The second-order valence-electron chi connectivity index (χ2n) is 4.62. The first-order valence-corrected chi connectivity index (χ1v) is 7.35. The molecule has 1 aliphatic rings. The predicted molar refractivity (Wildman–Crippen MR) is 66.2 cm³/mol. The lowest BCUT2D eigenvalue weighted by molar-refractivity contribution is 0.319. The van der Waals surface area contributed by atoms with Crippen LogP contribution in [0.1, 0.15) is 12.0 Å². The Morgan fingerprint density at radius 3 is 2.65 bits per heavy atom. The highest BCUT2D eigenvalue weighted by Gasteiger charge is 2.26. The number of rotatable bonds is 4. The molecule has 17 heavy (non-hydrogen) atoms. The number of benzene rings is 1. The fourth-order valence-electron chi connectivity index (χ4n) is 2.33. The standard InChI is InChI=1S/C12H17NO3S/c14-17(15,16)10-12-6-7-13(9-12)8-11-4-2-1-3-5-11/h1-5,12H,6-10H2,(H,14,15,16)/t12-/m0/s1. The topological polar surface area (TPSA) is 57.6 Å². The molecule has 1 aromatic rings. The molecule has 0 bridgehead atoms. The number of hydrogen-bond donors (Lipinski definition) is 1. The van der Waals surface area contributed by atoms with E-state index >= 15 is 0 Å². The minimum Gasteiger partial charge on any atom is -0.299 e. The van der Waals surface area contributed by atoms with Crippen LogP contribution < -0.4 is 0 Å². The van der Waals surface area contributed by atoms with Gasteiger partial charge in [0.25, 0.3) is 10.1 Å². The summed E-state index contributed by atoms with van der Waals surface area (Å²) in [5.74, 6) is -0.0492. The maximum atomic E-state index is 10.8. The van der Waals surface area contributed by atoms with E-state index in [1.54, 1.807) is 0 Å². The molecule has 0 amide bonds. The molecule has 0 spiro atoms. The van der Waals surface area contributed by atoms with Crippen molar-refractivity contribution in [1.82, 2.24) is 4.90 Å². The zero-order chi connectivity index (χ0) is 12.3. The largest absolute Gasteiger partial charge is 0.299 e. The van der Waals surface area contributed by atoms with Crippen LogP contribution in [-0.4, -0.2) is 36.7 Å². The molecule has 1 N–H and O–H groups in total. The summed E-state index contributed by atoms with van der Waals surface area (Å²) in [6.45, 7) is 2.49. The van der Waals surface area contributed by atoms with Crippen molar-refractivity contribution in [1.29, 1.82) is 0 Å². The average molecular weight is 255 g/mol. The van der Waals surface area contributed by atoms with Crippen molar-refractivity contribution in [2.24, 2.45) is 5.92 Å². The van der Waals surface area contributed by atoms with Crippen LogP contribution in [-0.2, 0) is 16.7 Å². The van der Waals surface area contributed by atoms with E-state index in [0.717, 1.165) is 26.1 Å². The summed E-state index contributed by atoms with van der Waals surface area (Å²) in [4.78, 5) is 2.23. The summed E-state index contributed by atoms with van der Waals surface area (Å²) in [6, 6.07) is 10.1. The second kappa shape index (κ2) is 5.16. The van der Waals surface area contributed by atoms with Gasteiger partial charge in [0.05, 0.1) is 5.75 Å². The maximum absolute atomic E-state index is 10.8. The van der Waals surface area contributed by atoms with E-state index in [-0.39, 0.29) is 11.7 Å². The van der Waals surface area contributed by atoms with Gasteiger partial charge in [-0.3, -0.25) is 9.45 Å². The van der Waals surface area contributed by atoms with Gasteiger partial charge in [-0.2, -0.15) is 8.42 Å². The van der Waals surface area contributed by atoms with Crippen LogP contribution in [0.3, 0.4) is 0 Å². The summed E-state index contributed by atoms with van der Waals surface area (Å²) >= 11 is 0. The summed E-state index contributed by atoms with van der Waals surface area (Å²) in [5.41, 5.74) is 1.24. The monoisotopic (exact) mass is 255 g/mol. The Morgan fingerprint density at radius 1 is 1.29 bits per heavy atom. The van der Waals surface area contributed by atoms with E-state index < -0.39 is 10.1 Å². The van der Waals surface area contributed by atoms with Gasteiger partial charge in [-0.05, 0) is 24.4 Å². The number of hydrogen-bond acceptors (Lipinski definition) is 3. The molecule has 0 radical (unpaired) electrons. The molecule has 1 saturated heterocycles. The van der Waals surface area contributed by atoms with E-state index in [9.17, 15) is 8.42 Å². The Kier molecular flexibility index (Phi) is 3.81. The fourth-order valence-corrected chi connectivity index (χ4v) is 3.20. The molecule has 5 heteroatoms. The molecular weight excluding hydrogens is 238 g/mol. The zero-order valence-electron chi connectivity index (χ0n) is 9.62. The number of likely N-dealkylation sites (tertiary alicyclic amines) is 1. The Hall–Kier alpha value is -0.910. The van der Waals surface area contributed by atoms with Crippen molar-refractivity contribution in [3.8, 4) is 0 Å². The molecular formula is C12H17NO3S. The first-order chi connectivity index (χ1) is 8.03. The average Bonchev–Trinajstić information content (AvgIpc) is 2.64. The van der Waals surface area contributed by atoms with Crippen molar-refractivity contribution < 1.29 is 13.0 Å². The van der Waals surface area contributed by atoms with E-state index in [1.807, 2.05) is 18.2 Å². The smallest absolute Gasteiger partial charge is 0.265 e. The van der Waals surface area contributed by atoms with Crippen LogP contribution in [0.4, 0.5) is 0 Å². The van der Waals surface area contributed by atoms with E-state index in [1.165, 1.54) is 5.56 Å². The normalized spacial score (nSPS) is 21.8. The van der Waals surface area contributed by atoms with Crippen LogP contribution >= 0.6 is 0 Å². The van der Waals surface area contributed by atoms with Crippen LogP contribution in [0.2, 0.25) is 0 Å². The van der Waals surface area contributed by atoms with Crippen molar-refractivity contribution in [3.63, 3.8) is 0 Å². The molecule has 0 unspecified atom stereocenters. The lowest BCUT2D eigenvalue weighted by atomic mass is 10.2. The van der Waals surface area contributed by atoms with Crippen molar-refractivity contribution in [3.05, 3.63) is 35.9 Å². The molecule has 0 aromatic heterocycles. The van der Waals surface area contributed by atoms with Crippen LogP contribution in [0.5, 0.6) is 0 Å². The second-order valence-corrected chi connectivity index (χ2v) is 6.12. The number of nitrogens with zero attached hydrogens (tertiary/aromatic N) is 1. The highest BCUT2D eigenvalue weighted by atomic mass is 32.2. The Balaban J connectivity index is 1.86. The van der Waals surface area contributed by atoms with Crippen molar-refractivity contribution in [2.75, 3.05) is 18.8 Å². The third-order valence-electron chi connectivity index (χ3n) is 3.07. The van der Waals surface area contributed by atoms with Crippen molar-refractivity contribution in [2.45, 2.75) is 13.0 Å². The Labute approximate surface area is 102 Å². The van der Waals surface area contributed by atoms with Gasteiger partial charge in [0.2, 0.25) is 0 Å². The Morgan fingerprint density at radius 2 is 2.00 bits per heavy atom. The quantitative estimate of drug-likeness (QED) is 0.826. The molecule has 94 valence electrons. The first kappa shape index (κ1) is 12.5. The van der Waals surface area contributed by atoms with E-state index in [4.69, 9.17) is 4.55 Å². The molecule has 2 rings (SSSR count). The molecule has 0 saturated carbocycles. The molecule has 1 aliphatic heterocycles. The van der Waals surface area contributed by atoms with Crippen LogP contribution in [0.25, 0.3) is 0 Å². The third-order valence-corrected chi connectivity index (χ3v) is 3.96. The minimum absolute atomic E-state index is 0.0636. The molecule has 0 aliphatic carbocycles. The first-order valence-electron chi connectivity index (χ1n) is 5.74. The van der Waals surface area contributed by atoms with Crippen LogP contribution in [0.15, 0.2) is 30.3 Å². The van der Waals surface area contributed by atoms with Gasteiger partial charge >= 0.3 is 0 Å². The molecule has 4 nitrogen and oxygen atoms in total. The van der Waals surface area contributed by atoms with Gasteiger partial charge in [0.1, 0.15) is 0 Å². The molecule has 1 atom stereocenters. The SMILES string of the molecule is O=S(=O)(O)C[C@H]1CCN(Cc2ccccc2)C1. The van der Waals surface area contributed by atoms with Gasteiger partial charge in [-0.1, -0.05) is 30.3 Å². The fraction of sp³-hybridized carbons (Fsp3) is 0.500.